The van der Waals surface area contributed by atoms with Crippen LogP contribution in [-0.4, -0.2) is 40.1 Å². The van der Waals surface area contributed by atoms with Gasteiger partial charge in [0.25, 0.3) is 5.91 Å². The zero-order valence-corrected chi connectivity index (χ0v) is 12.0. The molecule has 3 heterocycles. The minimum Gasteiger partial charge on any atom is -0.470 e. The lowest BCUT2D eigenvalue weighted by Gasteiger charge is -2.38. The molecule has 0 aliphatic carbocycles. The van der Waals surface area contributed by atoms with Gasteiger partial charge in [-0.05, 0) is 19.1 Å². The van der Waals surface area contributed by atoms with Crippen LogP contribution in [0.2, 0.25) is 0 Å². The van der Waals surface area contributed by atoms with Crippen molar-refractivity contribution < 1.29 is 27.2 Å². The molecule has 1 aliphatic heterocycles. The predicted molar refractivity (Wildman–Crippen MR) is 70.8 cm³/mol. The van der Waals surface area contributed by atoms with E-state index in [2.05, 4.69) is 10.1 Å². The van der Waals surface area contributed by atoms with Gasteiger partial charge in [-0.3, -0.25) is 4.79 Å². The number of pyridine rings is 1. The van der Waals surface area contributed by atoms with Crippen molar-refractivity contribution in [3.8, 4) is 5.88 Å². The molecule has 9 heteroatoms. The van der Waals surface area contributed by atoms with E-state index in [0.29, 0.717) is 11.3 Å². The maximum absolute atomic E-state index is 12.9. The normalized spacial score (nSPS) is 15.4. The van der Waals surface area contributed by atoms with Crippen LogP contribution in [0, 0.1) is 6.92 Å². The molecule has 122 valence electrons. The van der Waals surface area contributed by atoms with E-state index in [9.17, 15) is 18.0 Å². The number of ether oxygens (including phenoxy) is 1. The van der Waals surface area contributed by atoms with E-state index in [4.69, 9.17) is 9.26 Å². The summed E-state index contributed by atoms with van der Waals surface area (Å²) in [6.07, 6.45) is -2.53. The fourth-order valence-electron chi connectivity index (χ4n) is 2.21. The number of halogens is 3. The van der Waals surface area contributed by atoms with Gasteiger partial charge in [0.2, 0.25) is 5.88 Å². The number of rotatable bonds is 3. The first kappa shape index (κ1) is 15.3. The maximum atomic E-state index is 12.9. The van der Waals surface area contributed by atoms with Gasteiger partial charge in [-0.1, -0.05) is 5.16 Å². The van der Waals surface area contributed by atoms with E-state index in [1.165, 1.54) is 23.4 Å². The van der Waals surface area contributed by atoms with Gasteiger partial charge in [0.1, 0.15) is 23.0 Å². The molecular formula is C14H12F3N3O3. The van der Waals surface area contributed by atoms with Crippen molar-refractivity contribution in [2.24, 2.45) is 0 Å². The van der Waals surface area contributed by atoms with E-state index in [1.807, 2.05) is 0 Å². The quantitative estimate of drug-likeness (QED) is 0.865. The largest absolute Gasteiger partial charge is 0.470 e. The highest BCUT2D eigenvalue weighted by atomic mass is 19.4. The molecule has 0 N–H and O–H groups in total. The number of hydrogen-bond donors (Lipinski definition) is 0. The molecule has 0 saturated carbocycles. The lowest BCUT2D eigenvalue weighted by molar-refractivity contribution is -0.140. The standard InChI is InChI=1S/C14H12F3N3O3/c1-8-10(5-19-23-8)13(21)20-6-9(7-20)22-12-11(14(15,16)17)3-2-4-18-12/h2-5,9H,6-7H2,1H3. The van der Waals surface area contributed by atoms with Crippen molar-refractivity contribution in [1.82, 2.24) is 15.0 Å². The van der Waals surface area contributed by atoms with Gasteiger partial charge < -0.3 is 14.2 Å². The van der Waals surface area contributed by atoms with E-state index < -0.39 is 23.7 Å². The number of nitrogens with zero attached hydrogens (tertiary/aromatic N) is 3. The molecular weight excluding hydrogens is 315 g/mol. The Balaban J connectivity index is 1.63. The Morgan fingerprint density at radius 2 is 2.17 bits per heavy atom. The molecule has 0 spiro atoms. The number of amides is 1. The minimum atomic E-state index is -4.54. The Labute approximate surface area is 128 Å². The highest BCUT2D eigenvalue weighted by Gasteiger charge is 2.39. The van der Waals surface area contributed by atoms with E-state index in [0.717, 1.165) is 6.07 Å². The predicted octanol–water partition coefficient (Wildman–Crippen LogP) is 2.30. The minimum absolute atomic E-state index is 0.178. The van der Waals surface area contributed by atoms with Crippen LogP contribution in [-0.2, 0) is 6.18 Å². The van der Waals surface area contributed by atoms with Gasteiger partial charge in [-0.25, -0.2) is 4.98 Å². The highest BCUT2D eigenvalue weighted by Crippen LogP contribution is 2.35. The number of aryl methyl sites for hydroxylation is 1. The van der Waals surface area contributed by atoms with Crippen LogP contribution in [0.3, 0.4) is 0 Å². The first-order chi connectivity index (χ1) is 10.9. The summed E-state index contributed by atoms with van der Waals surface area (Å²) < 4.78 is 48.7. The Morgan fingerprint density at radius 3 is 2.78 bits per heavy atom. The zero-order valence-electron chi connectivity index (χ0n) is 12.0. The van der Waals surface area contributed by atoms with Crippen LogP contribution in [0.15, 0.2) is 29.0 Å². The SMILES string of the molecule is Cc1oncc1C(=O)N1CC(Oc2ncccc2C(F)(F)F)C1. The van der Waals surface area contributed by atoms with Crippen molar-refractivity contribution in [2.75, 3.05) is 13.1 Å². The van der Waals surface area contributed by atoms with Crippen molar-refractivity contribution in [1.29, 1.82) is 0 Å². The third-order valence-electron chi connectivity index (χ3n) is 3.47. The second-order valence-electron chi connectivity index (χ2n) is 5.10. The van der Waals surface area contributed by atoms with Crippen LogP contribution >= 0.6 is 0 Å². The summed E-state index contributed by atoms with van der Waals surface area (Å²) in [6, 6.07) is 2.10. The molecule has 0 unspecified atom stereocenters. The van der Waals surface area contributed by atoms with Crippen molar-refractivity contribution >= 4 is 5.91 Å². The molecule has 1 amide bonds. The summed E-state index contributed by atoms with van der Waals surface area (Å²) in [5, 5.41) is 3.52. The summed E-state index contributed by atoms with van der Waals surface area (Å²) in [5.74, 6) is -0.373. The number of alkyl halides is 3. The van der Waals surface area contributed by atoms with E-state index >= 15 is 0 Å². The third-order valence-corrected chi connectivity index (χ3v) is 3.47. The van der Waals surface area contributed by atoms with E-state index in [1.54, 1.807) is 6.92 Å². The average molecular weight is 327 g/mol. The molecule has 0 radical (unpaired) electrons. The lowest BCUT2D eigenvalue weighted by atomic mass is 10.1. The molecule has 1 aliphatic rings. The molecule has 23 heavy (non-hydrogen) atoms. The summed E-state index contributed by atoms with van der Waals surface area (Å²) in [7, 11) is 0. The van der Waals surface area contributed by atoms with Crippen molar-refractivity contribution in [3.63, 3.8) is 0 Å². The molecule has 1 saturated heterocycles. The molecule has 3 rings (SSSR count). The van der Waals surface area contributed by atoms with Crippen LogP contribution in [0.5, 0.6) is 5.88 Å². The number of hydrogen-bond acceptors (Lipinski definition) is 5. The molecule has 2 aromatic heterocycles. The summed E-state index contributed by atoms with van der Waals surface area (Å²) >= 11 is 0. The van der Waals surface area contributed by atoms with Gasteiger partial charge in [0.15, 0.2) is 0 Å². The molecule has 2 aromatic rings. The highest BCUT2D eigenvalue weighted by molar-refractivity contribution is 5.95. The first-order valence-corrected chi connectivity index (χ1v) is 6.75. The topological polar surface area (TPSA) is 68.5 Å². The number of carbonyl (C=O) groups excluding carboxylic acids is 1. The lowest BCUT2D eigenvalue weighted by Crippen LogP contribution is -2.56. The smallest absolute Gasteiger partial charge is 0.421 e. The zero-order chi connectivity index (χ0) is 16.6. The Hall–Kier alpha value is -2.58. The fraction of sp³-hybridized carbons (Fsp3) is 0.357. The van der Waals surface area contributed by atoms with Crippen LogP contribution < -0.4 is 4.74 Å². The Bertz CT molecular complexity index is 723. The molecule has 6 nitrogen and oxygen atoms in total. The monoisotopic (exact) mass is 327 g/mol. The van der Waals surface area contributed by atoms with E-state index in [-0.39, 0.29) is 19.0 Å². The van der Waals surface area contributed by atoms with Gasteiger partial charge >= 0.3 is 6.18 Å². The second-order valence-corrected chi connectivity index (χ2v) is 5.10. The molecule has 0 atom stereocenters. The number of carbonyl (C=O) groups is 1. The van der Waals surface area contributed by atoms with Gasteiger partial charge in [-0.2, -0.15) is 13.2 Å². The molecule has 0 bridgehead atoms. The first-order valence-electron chi connectivity index (χ1n) is 6.75. The maximum Gasteiger partial charge on any atom is 0.421 e. The van der Waals surface area contributed by atoms with Crippen molar-refractivity contribution in [2.45, 2.75) is 19.2 Å². The summed E-state index contributed by atoms with van der Waals surface area (Å²) in [6.45, 7) is 1.96. The second kappa shape index (κ2) is 5.56. The van der Waals surface area contributed by atoms with Crippen LogP contribution in [0.4, 0.5) is 13.2 Å². The average Bonchev–Trinajstić information content (AvgIpc) is 2.87. The number of likely N-dealkylation sites (tertiary alicyclic amines) is 1. The Morgan fingerprint density at radius 1 is 1.43 bits per heavy atom. The van der Waals surface area contributed by atoms with Gasteiger partial charge in [0.05, 0.1) is 19.3 Å². The third kappa shape index (κ3) is 2.99. The summed E-state index contributed by atoms with van der Waals surface area (Å²) in [4.78, 5) is 17.2. The fourth-order valence-corrected chi connectivity index (χ4v) is 2.21. The Kier molecular flexibility index (Phi) is 3.70. The van der Waals surface area contributed by atoms with Gasteiger partial charge in [-0.15, -0.1) is 0 Å². The van der Waals surface area contributed by atoms with Crippen molar-refractivity contribution in [3.05, 3.63) is 41.4 Å². The number of aromatic nitrogens is 2. The van der Waals surface area contributed by atoms with Crippen LogP contribution in [0.25, 0.3) is 0 Å². The van der Waals surface area contributed by atoms with Crippen LogP contribution in [0.1, 0.15) is 21.7 Å². The summed E-state index contributed by atoms with van der Waals surface area (Å²) in [5.41, 5.74) is -0.600. The molecule has 1 fully saturated rings. The van der Waals surface area contributed by atoms with Gasteiger partial charge in [0, 0.05) is 6.20 Å². The molecule has 0 aromatic carbocycles.